The molecular weight excluding hydrogens is 286 g/mol. The molecule has 5 nitrogen and oxygen atoms in total. The second kappa shape index (κ2) is 6.58. The number of nitriles is 1. The Bertz CT molecular complexity index is 839. The number of hydrogen-bond acceptors (Lipinski definition) is 5. The SMILES string of the molecule is CN(c1ccccc1)c1ccnc(Nc2ccccc2C#N)n1. The molecule has 0 aliphatic rings. The van der Waals surface area contributed by atoms with E-state index in [0.717, 1.165) is 11.5 Å². The van der Waals surface area contributed by atoms with Crippen LogP contribution in [-0.4, -0.2) is 17.0 Å². The van der Waals surface area contributed by atoms with E-state index >= 15 is 0 Å². The van der Waals surface area contributed by atoms with Crippen molar-refractivity contribution in [2.75, 3.05) is 17.3 Å². The van der Waals surface area contributed by atoms with Gasteiger partial charge in [0, 0.05) is 18.9 Å². The predicted octanol–water partition coefficient (Wildman–Crippen LogP) is 3.86. The molecule has 0 bridgehead atoms. The number of nitrogens with one attached hydrogen (secondary N) is 1. The molecule has 0 atom stereocenters. The van der Waals surface area contributed by atoms with Gasteiger partial charge in [0.2, 0.25) is 5.95 Å². The summed E-state index contributed by atoms with van der Waals surface area (Å²) in [6, 6.07) is 21.2. The average Bonchev–Trinajstić information content (AvgIpc) is 2.62. The first-order chi connectivity index (χ1) is 11.3. The lowest BCUT2D eigenvalue weighted by atomic mass is 10.2. The maximum absolute atomic E-state index is 9.15. The van der Waals surface area contributed by atoms with Crippen LogP contribution in [0.4, 0.5) is 23.1 Å². The van der Waals surface area contributed by atoms with Crippen molar-refractivity contribution < 1.29 is 0 Å². The molecule has 0 spiro atoms. The molecule has 0 aliphatic heterocycles. The molecule has 0 radical (unpaired) electrons. The lowest BCUT2D eigenvalue weighted by Gasteiger charge is -2.18. The van der Waals surface area contributed by atoms with Gasteiger partial charge in [-0.2, -0.15) is 10.2 Å². The number of nitrogens with zero attached hydrogens (tertiary/aromatic N) is 4. The number of aromatic nitrogens is 2. The molecule has 2 aromatic carbocycles. The second-order valence-electron chi connectivity index (χ2n) is 4.92. The fraction of sp³-hybridized carbons (Fsp3) is 0.0556. The number of rotatable bonds is 4. The molecule has 1 heterocycles. The van der Waals surface area contributed by atoms with Crippen LogP contribution in [0.1, 0.15) is 5.56 Å². The number of benzene rings is 2. The van der Waals surface area contributed by atoms with E-state index in [-0.39, 0.29) is 0 Å². The van der Waals surface area contributed by atoms with Gasteiger partial charge in [-0.1, -0.05) is 30.3 Å². The molecule has 23 heavy (non-hydrogen) atoms. The van der Waals surface area contributed by atoms with E-state index in [1.165, 1.54) is 0 Å². The largest absolute Gasteiger partial charge is 0.329 e. The Morgan fingerprint density at radius 3 is 2.52 bits per heavy atom. The number of para-hydroxylation sites is 2. The van der Waals surface area contributed by atoms with Gasteiger partial charge in [0.05, 0.1) is 11.3 Å². The molecule has 112 valence electrons. The summed E-state index contributed by atoms with van der Waals surface area (Å²) in [6.45, 7) is 0. The van der Waals surface area contributed by atoms with E-state index in [4.69, 9.17) is 5.26 Å². The van der Waals surface area contributed by atoms with Gasteiger partial charge in [0.1, 0.15) is 11.9 Å². The van der Waals surface area contributed by atoms with Crippen LogP contribution in [0.3, 0.4) is 0 Å². The highest BCUT2D eigenvalue weighted by molar-refractivity contribution is 5.65. The van der Waals surface area contributed by atoms with Crippen LogP contribution in [-0.2, 0) is 0 Å². The summed E-state index contributed by atoms with van der Waals surface area (Å²) in [4.78, 5) is 10.7. The minimum absolute atomic E-state index is 0.452. The van der Waals surface area contributed by atoms with Gasteiger partial charge >= 0.3 is 0 Å². The van der Waals surface area contributed by atoms with Gasteiger partial charge in [0.15, 0.2) is 0 Å². The van der Waals surface area contributed by atoms with Gasteiger partial charge in [-0.15, -0.1) is 0 Å². The van der Waals surface area contributed by atoms with Crippen molar-refractivity contribution in [3.05, 3.63) is 72.4 Å². The van der Waals surface area contributed by atoms with E-state index < -0.39 is 0 Å². The average molecular weight is 301 g/mol. The first kappa shape index (κ1) is 14.5. The van der Waals surface area contributed by atoms with Crippen molar-refractivity contribution in [2.45, 2.75) is 0 Å². The quantitative estimate of drug-likeness (QED) is 0.792. The Labute approximate surface area is 134 Å². The topological polar surface area (TPSA) is 64.8 Å². The molecule has 1 aromatic heterocycles. The van der Waals surface area contributed by atoms with Gasteiger partial charge in [-0.25, -0.2) is 4.98 Å². The van der Waals surface area contributed by atoms with Gasteiger partial charge in [-0.05, 0) is 30.3 Å². The van der Waals surface area contributed by atoms with Crippen LogP contribution >= 0.6 is 0 Å². The van der Waals surface area contributed by atoms with E-state index in [9.17, 15) is 0 Å². The fourth-order valence-corrected chi connectivity index (χ4v) is 2.19. The molecule has 0 unspecified atom stereocenters. The molecule has 0 aliphatic carbocycles. The van der Waals surface area contributed by atoms with Gasteiger partial charge in [0.25, 0.3) is 0 Å². The summed E-state index contributed by atoms with van der Waals surface area (Å²) in [7, 11) is 1.95. The molecular formula is C18H15N5. The zero-order chi connectivity index (χ0) is 16.1. The van der Waals surface area contributed by atoms with Crippen LogP contribution in [0.5, 0.6) is 0 Å². The van der Waals surface area contributed by atoms with Crippen molar-refractivity contribution in [2.24, 2.45) is 0 Å². The summed E-state index contributed by atoms with van der Waals surface area (Å²) in [5.74, 6) is 1.22. The highest BCUT2D eigenvalue weighted by Gasteiger charge is 2.08. The molecule has 1 N–H and O–H groups in total. The summed E-state index contributed by atoms with van der Waals surface area (Å²) >= 11 is 0. The second-order valence-corrected chi connectivity index (χ2v) is 4.92. The third-order valence-electron chi connectivity index (χ3n) is 3.42. The van der Waals surface area contributed by atoms with E-state index in [1.807, 2.05) is 66.5 Å². The fourth-order valence-electron chi connectivity index (χ4n) is 2.19. The molecule has 0 fully saturated rings. The van der Waals surface area contributed by atoms with E-state index in [1.54, 1.807) is 12.3 Å². The zero-order valence-electron chi connectivity index (χ0n) is 12.6. The smallest absolute Gasteiger partial charge is 0.229 e. The monoisotopic (exact) mass is 301 g/mol. The highest BCUT2D eigenvalue weighted by Crippen LogP contribution is 2.23. The maximum Gasteiger partial charge on any atom is 0.229 e. The summed E-state index contributed by atoms with van der Waals surface area (Å²) in [6.07, 6.45) is 1.69. The minimum atomic E-state index is 0.452. The standard InChI is InChI=1S/C18H15N5/c1-23(15-8-3-2-4-9-15)17-11-12-20-18(22-17)21-16-10-6-5-7-14(16)13-19/h2-12H,1H3,(H,20,21,22). The lowest BCUT2D eigenvalue weighted by Crippen LogP contribution is -2.12. The number of hydrogen-bond donors (Lipinski definition) is 1. The first-order valence-electron chi connectivity index (χ1n) is 7.16. The van der Waals surface area contributed by atoms with Gasteiger partial charge < -0.3 is 10.2 Å². The normalized spacial score (nSPS) is 9.91. The van der Waals surface area contributed by atoms with Crippen LogP contribution in [0.15, 0.2) is 66.9 Å². The molecule has 0 amide bonds. The van der Waals surface area contributed by atoms with Gasteiger partial charge in [-0.3, -0.25) is 0 Å². The summed E-state index contributed by atoms with van der Waals surface area (Å²) < 4.78 is 0. The Kier molecular flexibility index (Phi) is 4.16. The van der Waals surface area contributed by atoms with Crippen LogP contribution in [0.25, 0.3) is 0 Å². The Balaban J connectivity index is 1.87. The van der Waals surface area contributed by atoms with Crippen molar-refractivity contribution in [3.8, 4) is 6.07 Å². The predicted molar refractivity (Wildman–Crippen MR) is 91.0 cm³/mol. The van der Waals surface area contributed by atoms with E-state index in [0.29, 0.717) is 17.2 Å². The Hall–Kier alpha value is -3.39. The van der Waals surface area contributed by atoms with Crippen molar-refractivity contribution in [1.82, 2.24) is 9.97 Å². The molecule has 3 aromatic rings. The lowest BCUT2D eigenvalue weighted by molar-refractivity contribution is 1.08. The van der Waals surface area contributed by atoms with Crippen LogP contribution in [0, 0.1) is 11.3 Å². The van der Waals surface area contributed by atoms with E-state index in [2.05, 4.69) is 21.4 Å². The molecule has 5 heteroatoms. The summed E-state index contributed by atoms with van der Waals surface area (Å²) in [5, 5.41) is 12.2. The molecule has 3 rings (SSSR count). The van der Waals surface area contributed by atoms with Crippen LogP contribution < -0.4 is 10.2 Å². The third kappa shape index (κ3) is 3.27. The van der Waals surface area contributed by atoms with Crippen LogP contribution in [0.2, 0.25) is 0 Å². The van der Waals surface area contributed by atoms with Crippen molar-refractivity contribution in [3.63, 3.8) is 0 Å². The third-order valence-corrected chi connectivity index (χ3v) is 3.42. The zero-order valence-corrected chi connectivity index (χ0v) is 12.6. The van der Waals surface area contributed by atoms with Crippen molar-refractivity contribution in [1.29, 1.82) is 5.26 Å². The molecule has 0 saturated carbocycles. The maximum atomic E-state index is 9.15. The summed E-state index contributed by atoms with van der Waals surface area (Å²) in [5.41, 5.74) is 2.28. The minimum Gasteiger partial charge on any atom is -0.329 e. The number of anilines is 4. The highest BCUT2D eigenvalue weighted by atomic mass is 15.2. The Morgan fingerprint density at radius 1 is 1.00 bits per heavy atom. The first-order valence-corrected chi connectivity index (χ1v) is 7.16. The Morgan fingerprint density at radius 2 is 1.74 bits per heavy atom. The van der Waals surface area contributed by atoms with Crippen molar-refractivity contribution >= 4 is 23.1 Å². The molecule has 0 saturated heterocycles.